The van der Waals surface area contributed by atoms with Crippen LogP contribution in [0, 0.1) is 0 Å². The van der Waals surface area contributed by atoms with Crippen LogP contribution in [-0.2, 0) is 25.6 Å². The SMILES string of the molecule is C=C1c2c(CC(=O)O)cc(C=O)cc2N2CC3C(N3C(C)=O)C1(CC(=O)O)O2. The standard InChI is InChI=1S/C19H18N2O7/c1-9-17-12(5-15(24)25)3-11(8-22)4-13(17)20-7-14-18(21(14)10(2)23)19(9,28-20)6-16(26)27/h3-4,8,14,18H,1,5-7H2,2H3,(H,24,25)(H,26,27). The van der Waals surface area contributed by atoms with E-state index in [1.165, 1.54) is 18.1 Å². The van der Waals surface area contributed by atoms with Gasteiger partial charge in [0.05, 0.1) is 37.2 Å². The molecule has 3 heterocycles. The second-order valence-corrected chi connectivity index (χ2v) is 7.29. The van der Waals surface area contributed by atoms with E-state index in [0.29, 0.717) is 35.2 Å². The molecule has 2 saturated heterocycles. The van der Waals surface area contributed by atoms with Gasteiger partial charge in [-0.1, -0.05) is 6.58 Å². The van der Waals surface area contributed by atoms with Gasteiger partial charge in [-0.15, -0.1) is 0 Å². The third kappa shape index (κ3) is 2.43. The van der Waals surface area contributed by atoms with Crippen LogP contribution < -0.4 is 5.06 Å². The van der Waals surface area contributed by atoms with Gasteiger partial charge in [-0.05, 0) is 23.3 Å². The minimum atomic E-state index is -1.39. The molecule has 0 radical (unpaired) electrons. The van der Waals surface area contributed by atoms with Crippen molar-refractivity contribution in [2.45, 2.75) is 37.5 Å². The number of carboxylic acids is 2. The normalized spacial score (nSPS) is 27.0. The summed E-state index contributed by atoms with van der Waals surface area (Å²) in [6.07, 6.45) is -0.168. The zero-order valence-corrected chi connectivity index (χ0v) is 15.0. The number of aldehydes is 1. The average Bonchev–Trinajstić information content (AvgIpc) is 3.33. The first-order valence-electron chi connectivity index (χ1n) is 8.70. The van der Waals surface area contributed by atoms with Crippen LogP contribution in [0.5, 0.6) is 0 Å². The first-order chi connectivity index (χ1) is 13.2. The largest absolute Gasteiger partial charge is 0.481 e. The number of hydroxylamine groups is 1. The highest BCUT2D eigenvalue weighted by atomic mass is 16.7. The molecule has 28 heavy (non-hydrogen) atoms. The number of hydrogen-bond acceptors (Lipinski definition) is 6. The van der Waals surface area contributed by atoms with E-state index < -0.39 is 30.0 Å². The Morgan fingerprint density at radius 3 is 2.61 bits per heavy atom. The van der Waals surface area contributed by atoms with E-state index >= 15 is 0 Å². The molecular formula is C19H18N2O7. The lowest BCUT2D eigenvalue weighted by Crippen LogP contribution is -2.56. The first kappa shape index (κ1) is 18.2. The predicted octanol–water partition coefficient (Wildman–Crippen LogP) is 0.717. The van der Waals surface area contributed by atoms with Crippen LogP contribution in [0.3, 0.4) is 0 Å². The number of hydrogen-bond donors (Lipinski definition) is 2. The molecule has 3 aliphatic rings. The third-order valence-electron chi connectivity index (χ3n) is 5.59. The van der Waals surface area contributed by atoms with E-state index in [-0.39, 0.29) is 23.9 Å². The first-order valence-corrected chi connectivity index (χ1v) is 8.70. The van der Waals surface area contributed by atoms with E-state index in [2.05, 4.69) is 6.58 Å². The second kappa shape index (κ2) is 5.90. The summed E-state index contributed by atoms with van der Waals surface area (Å²) < 4.78 is 0. The molecule has 3 unspecified atom stereocenters. The van der Waals surface area contributed by atoms with Crippen LogP contribution in [0.15, 0.2) is 18.7 Å². The van der Waals surface area contributed by atoms with Crippen LogP contribution in [-0.4, -0.2) is 63.5 Å². The summed E-state index contributed by atoms with van der Waals surface area (Å²) in [7, 11) is 0. The van der Waals surface area contributed by atoms with Crippen molar-refractivity contribution in [3.63, 3.8) is 0 Å². The van der Waals surface area contributed by atoms with Gasteiger partial charge in [0.2, 0.25) is 5.91 Å². The van der Waals surface area contributed by atoms with Gasteiger partial charge < -0.3 is 15.1 Å². The number of aliphatic carboxylic acids is 2. The minimum Gasteiger partial charge on any atom is -0.481 e. The van der Waals surface area contributed by atoms with Crippen LogP contribution in [0.4, 0.5) is 5.69 Å². The number of carbonyl (C=O) groups excluding carboxylic acids is 2. The van der Waals surface area contributed by atoms with Gasteiger partial charge >= 0.3 is 11.9 Å². The Labute approximate surface area is 159 Å². The quantitative estimate of drug-likeness (QED) is 0.560. The van der Waals surface area contributed by atoms with E-state index in [9.17, 15) is 29.4 Å². The monoisotopic (exact) mass is 386 g/mol. The summed E-state index contributed by atoms with van der Waals surface area (Å²) in [4.78, 5) is 54.0. The molecule has 0 aromatic heterocycles. The zero-order valence-electron chi connectivity index (χ0n) is 15.0. The molecule has 4 rings (SSSR count). The number of anilines is 1. The number of nitrogens with zero attached hydrogens (tertiary/aromatic N) is 2. The van der Waals surface area contributed by atoms with E-state index in [0.717, 1.165) is 0 Å². The number of amides is 1. The van der Waals surface area contributed by atoms with Crippen molar-refractivity contribution in [3.8, 4) is 0 Å². The van der Waals surface area contributed by atoms with Crippen molar-refractivity contribution in [1.82, 2.24) is 4.90 Å². The molecule has 3 atom stereocenters. The highest BCUT2D eigenvalue weighted by Crippen LogP contribution is 2.57. The van der Waals surface area contributed by atoms with Gasteiger partial charge in [-0.3, -0.25) is 29.1 Å². The Bertz CT molecular complexity index is 956. The summed E-state index contributed by atoms with van der Waals surface area (Å²) in [6.45, 7) is 5.76. The fourth-order valence-electron chi connectivity index (χ4n) is 4.58. The molecule has 9 heteroatoms. The number of carbonyl (C=O) groups is 4. The predicted molar refractivity (Wildman–Crippen MR) is 95.7 cm³/mol. The summed E-state index contributed by atoms with van der Waals surface area (Å²) >= 11 is 0. The van der Waals surface area contributed by atoms with Gasteiger partial charge in [0.1, 0.15) is 6.29 Å². The fraction of sp³-hybridized carbons (Fsp3) is 0.368. The Hall–Kier alpha value is -3.20. The van der Waals surface area contributed by atoms with Crippen LogP contribution in [0.1, 0.15) is 34.8 Å². The molecule has 1 aromatic carbocycles. The van der Waals surface area contributed by atoms with Crippen molar-refractivity contribution in [3.05, 3.63) is 35.4 Å². The Kier molecular flexibility index (Phi) is 3.83. The Morgan fingerprint density at radius 1 is 1.32 bits per heavy atom. The zero-order chi connectivity index (χ0) is 20.4. The molecule has 2 bridgehead atoms. The molecule has 146 valence electrons. The van der Waals surface area contributed by atoms with Crippen LogP contribution in [0.2, 0.25) is 0 Å². The highest BCUT2D eigenvalue weighted by molar-refractivity contribution is 5.94. The summed E-state index contributed by atoms with van der Waals surface area (Å²) in [5.41, 5.74) is 0.485. The summed E-state index contributed by atoms with van der Waals surface area (Å²) in [6, 6.07) is 2.30. The van der Waals surface area contributed by atoms with Gasteiger partial charge in [0.25, 0.3) is 0 Å². The van der Waals surface area contributed by atoms with Crippen molar-refractivity contribution in [1.29, 1.82) is 0 Å². The van der Waals surface area contributed by atoms with E-state index in [1.54, 1.807) is 11.0 Å². The molecule has 2 N–H and O–H groups in total. The molecule has 1 aromatic rings. The Balaban J connectivity index is 1.92. The highest BCUT2D eigenvalue weighted by Gasteiger charge is 2.69. The van der Waals surface area contributed by atoms with Gasteiger partial charge in [-0.25, -0.2) is 0 Å². The van der Waals surface area contributed by atoms with E-state index in [4.69, 9.17) is 4.84 Å². The summed E-state index contributed by atoms with van der Waals surface area (Å²) in [5, 5.41) is 20.3. The number of carboxylic acid groups (broad SMARTS) is 2. The maximum absolute atomic E-state index is 12.0. The number of rotatable bonds is 5. The molecule has 2 fully saturated rings. The van der Waals surface area contributed by atoms with Crippen molar-refractivity contribution in [2.24, 2.45) is 0 Å². The van der Waals surface area contributed by atoms with Crippen molar-refractivity contribution >= 4 is 35.4 Å². The Morgan fingerprint density at radius 2 is 2.04 bits per heavy atom. The minimum absolute atomic E-state index is 0.201. The third-order valence-corrected chi connectivity index (χ3v) is 5.59. The van der Waals surface area contributed by atoms with Crippen LogP contribution in [0.25, 0.3) is 5.57 Å². The number of benzene rings is 1. The lowest BCUT2D eigenvalue weighted by molar-refractivity contribution is -0.145. The average molecular weight is 386 g/mol. The topological polar surface area (TPSA) is 124 Å². The van der Waals surface area contributed by atoms with Gasteiger partial charge in [0.15, 0.2) is 5.60 Å². The lowest BCUT2D eigenvalue weighted by Gasteiger charge is -2.47. The van der Waals surface area contributed by atoms with Crippen LogP contribution >= 0.6 is 0 Å². The molecule has 0 spiro atoms. The molecular weight excluding hydrogens is 368 g/mol. The summed E-state index contributed by atoms with van der Waals surface area (Å²) in [5.74, 6) is -2.41. The van der Waals surface area contributed by atoms with Gasteiger partial charge in [0, 0.05) is 18.1 Å². The number of fused-ring (bicyclic) bond motifs is 6. The smallest absolute Gasteiger partial charge is 0.307 e. The van der Waals surface area contributed by atoms with E-state index in [1.807, 2.05) is 0 Å². The fourth-order valence-corrected chi connectivity index (χ4v) is 4.58. The maximum atomic E-state index is 12.0. The lowest BCUT2D eigenvalue weighted by atomic mass is 9.77. The van der Waals surface area contributed by atoms with Gasteiger partial charge in [-0.2, -0.15) is 0 Å². The molecule has 3 aliphatic heterocycles. The van der Waals surface area contributed by atoms with Crippen molar-refractivity contribution < 1.29 is 34.2 Å². The second-order valence-electron chi connectivity index (χ2n) is 7.29. The molecule has 9 nitrogen and oxygen atoms in total. The molecule has 1 amide bonds. The van der Waals surface area contributed by atoms with Crippen molar-refractivity contribution in [2.75, 3.05) is 11.6 Å². The maximum Gasteiger partial charge on any atom is 0.307 e. The molecule has 0 aliphatic carbocycles. The molecule has 0 saturated carbocycles.